The summed E-state index contributed by atoms with van der Waals surface area (Å²) in [7, 11) is 0. The third kappa shape index (κ3) is 2.71. The van der Waals surface area contributed by atoms with Crippen LogP contribution < -0.4 is 10.6 Å². The fourth-order valence-electron chi connectivity index (χ4n) is 2.25. The van der Waals surface area contributed by atoms with Gasteiger partial charge >= 0.3 is 5.69 Å². The lowest BCUT2D eigenvalue weighted by Crippen LogP contribution is -2.46. The Balaban J connectivity index is 2.34. The highest BCUT2D eigenvalue weighted by Gasteiger charge is 2.29. The van der Waals surface area contributed by atoms with Crippen LogP contribution in [0.25, 0.3) is 0 Å². The first-order valence-corrected chi connectivity index (χ1v) is 6.48. The van der Waals surface area contributed by atoms with Gasteiger partial charge < -0.3 is 15.5 Å². The standard InChI is InChI=1S/C11H16ClN5O2/c1-2-15-3-5-16(6-4-15)9-8(12)7-14-11(13)10(9)17(18)19/h7H,2-6H2,1H3,(H2,13,14). The van der Waals surface area contributed by atoms with Gasteiger partial charge in [-0.2, -0.15) is 0 Å². The SMILES string of the molecule is CCN1CCN(c2c(Cl)cnc(N)c2[N+](=O)[O-])CC1. The van der Waals surface area contributed by atoms with E-state index in [-0.39, 0.29) is 16.5 Å². The number of piperazine rings is 1. The minimum atomic E-state index is -0.518. The topological polar surface area (TPSA) is 88.5 Å². The van der Waals surface area contributed by atoms with Crippen molar-refractivity contribution in [1.82, 2.24) is 9.88 Å². The summed E-state index contributed by atoms with van der Waals surface area (Å²) in [6.45, 7) is 6.16. The fourth-order valence-corrected chi connectivity index (χ4v) is 2.51. The van der Waals surface area contributed by atoms with Crippen molar-refractivity contribution >= 4 is 28.8 Å². The zero-order valence-electron chi connectivity index (χ0n) is 10.7. The van der Waals surface area contributed by atoms with Gasteiger partial charge in [-0.25, -0.2) is 4.98 Å². The second kappa shape index (κ2) is 5.58. The predicted molar refractivity (Wildman–Crippen MR) is 74.6 cm³/mol. The number of rotatable bonds is 3. The Kier molecular flexibility index (Phi) is 4.06. The maximum atomic E-state index is 11.1. The van der Waals surface area contributed by atoms with Crippen LogP contribution in [0.5, 0.6) is 0 Å². The van der Waals surface area contributed by atoms with Crippen LogP contribution in [-0.2, 0) is 0 Å². The van der Waals surface area contributed by atoms with Gasteiger partial charge in [-0.15, -0.1) is 0 Å². The number of nitro groups is 1. The Morgan fingerprint density at radius 3 is 2.63 bits per heavy atom. The molecule has 0 bridgehead atoms. The molecule has 0 amide bonds. The van der Waals surface area contributed by atoms with E-state index in [2.05, 4.69) is 16.8 Å². The maximum absolute atomic E-state index is 11.1. The number of aromatic nitrogens is 1. The molecule has 1 aliphatic heterocycles. The number of likely N-dealkylation sites (N-methyl/N-ethyl adjacent to an activating group) is 1. The molecule has 0 atom stereocenters. The van der Waals surface area contributed by atoms with Crippen LogP contribution in [0.1, 0.15) is 6.92 Å². The van der Waals surface area contributed by atoms with Gasteiger partial charge in [0.25, 0.3) is 0 Å². The average molecular weight is 286 g/mol. The summed E-state index contributed by atoms with van der Waals surface area (Å²) in [6, 6.07) is 0. The molecule has 1 aromatic heterocycles. The molecule has 0 aliphatic carbocycles. The van der Waals surface area contributed by atoms with Gasteiger partial charge in [0.1, 0.15) is 5.69 Å². The van der Waals surface area contributed by atoms with E-state index in [1.165, 1.54) is 6.20 Å². The molecule has 2 heterocycles. The highest BCUT2D eigenvalue weighted by Crippen LogP contribution is 2.38. The van der Waals surface area contributed by atoms with Gasteiger partial charge in [0.2, 0.25) is 5.82 Å². The first-order valence-electron chi connectivity index (χ1n) is 6.10. The second-order valence-electron chi connectivity index (χ2n) is 4.37. The summed E-state index contributed by atoms with van der Waals surface area (Å²) < 4.78 is 0. The van der Waals surface area contributed by atoms with Crippen molar-refractivity contribution < 1.29 is 4.92 Å². The summed E-state index contributed by atoms with van der Waals surface area (Å²) in [5, 5.41) is 11.4. The molecule has 104 valence electrons. The smallest absolute Gasteiger partial charge is 0.335 e. The Morgan fingerprint density at radius 1 is 1.47 bits per heavy atom. The van der Waals surface area contributed by atoms with E-state index in [4.69, 9.17) is 17.3 Å². The van der Waals surface area contributed by atoms with Crippen molar-refractivity contribution in [1.29, 1.82) is 0 Å². The summed E-state index contributed by atoms with van der Waals surface area (Å²) >= 11 is 6.07. The number of pyridine rings is 1. The summed E-state index contributed by atoms with van der Waals surface area (Å²) in [5.41, 5.74) is 5.79. The second-order valence-corrected chi connectivity index (χ2v) is 4.77. The van der Waals surface area contributed by atoms with Crippen molar-refractivity contribution in [2.24, 2.45) is 0 Å². The monoisotopic (exact) mass is 285 g/mol. The van der Waals surface area contributed by atoms with E-state index >= 15 is 0 Å². The van der Waals surface area contributed by atoms with Gasteiger partial charge in [0, 0.05) is 26.2 Å². The quantitative estimate of drug-likeness (QED) is 0.666. The third-order valence-corrected chi connectivity index (χ3v) is 3.61. The summed E-state index contributed by atoms with van der Waals surface area (Å²) in [5.74, 6) is -0.0951. The molecular formula is C11H16ClN5O2. The number of nitrogens with two attached hydrogens (primary N) is 1. The van der Waals surface area contributed by atoms with Crippen LogP contribution in [0.4, 0.5) is 17.2 Å². The molecule has 2 rings (SSSR count). The Morgan fingerprint density at radius 2 is 2.11 bits per heavy atom. The highest BCUT2D eigenvalue weighted by atomic mass is 35.5. The van der Waals surface area contributed by atoms with Crippen molar-refractivity contribution in [3.05, 3.63) is 21.3 Å². The largest absolute Gasteiger partial charge is 0.378 e. The lowest BCUT2D eigenvalue weighted by Gasteiger charge is -2.35. The lowest BCUT2D eigenvalue weighted by atomic mass is 10.2. The van der Waals surface area contributed by atoms with Crippen LogP contribution in [0.3, 0.4) is 0 Å². The molecule has 0 saturated carbocycles. The summed E-state index contributed by atoms with van der Waals surface area (Å²) in [6.07, 6.45) is 1.37. The average Bonchev–Trinajstić information content (AvgIpc) is 2.41. The number of nitrogen functional groups attached to an aromatic ring is 1. The van der Waals surface area contributed by atoms with Gasteiger partial charge in [-0.05, 0) is 6.54 Å². The Bertz CT molecular complexity index is 488. The highest BCUT2D eigenvalue weighted by molar-refractivity contribution is 6.33. The predicted octanol–water partition coefficient (Wildman–Crippen LogP) is 1.37. The lowest BCUT2D eigenvalue weighted by molar-refractivity contribution is -0.383. The molecule has 1 aliphatic rings. The van der Waals surface area contributed by atoms with E-state index in [1.54, 1.807) is 0 Å². The first kappa shape index (κ1) is 13.8. The molecule has 2 N–H and O–H groups in total. The number of hydrogen-bond donors (Lipinski definition) is 1. The van der Waals surface area contributed by atoms with E-state index in [0.717, 1.165) is 19.6 Å². The Hall–Kier alpha value is -1.60. The van der Waals surface area contributed by atoms with Crippen molar-refractivity contribution in [3.8, 4) is 0 Å². The molecule has 1 fully saturated rings. The van der Waals surface area contributed by atoms with Gasteiger partial charge in [0.15, 0.2) is 0 Å². The zero-order chi connectivity index (χ0) is 14.0. The Labute approximate surface area is 116 Å². The minimum Gasteiger partial charge on any atom is -0.378 e. The first-order chi connectivity index (χ1) is 9.04. The molecule has 1 aromatic rings. The maximum Gasteiger partial charge on any atom is 0.335 e. The van der Waals surface area contributed by atoms with Crippen LogP contribution in [-0.4, -0.2) is 47.5 Å². The number of anilines is 2. The number of hydrogen-bond acceptors (Lipinski definition) is 6. The van der Waals surface area contributed by atoms with Crippen LogP contribution in [0, 0.1) is 10.1 Å². The van der Waals surface area contributed by atoms with Crippen molar-refractivity contribution in [2.45, 2.75) is 6.92 Å². The van der Waals surface area contributed by atoms with Gasteiger partial charge in [0.05, 0.1) is 16.1 Å². The molecule has 0 unspecified atom stereocenters. The zero-order valence-corrected chi connectivity index (χ0v) is 11.4. The van der Waals surface area contributed by atoms with Crippen LogP contribution >= 0.6 is 11.6 Å². The molecule has 7 nitrogen and oxygen atoms in total. The fraction of sp³-hybridized carbons (Fsp3) is 0.545. The van der Waals surface area contributed by atoms with E-state index in [9.17, 15) is 10.1 Å². The van der Waals surface area contributed by atoms with Crippen molar-refractivity contribution in [3.63, 3.8) is 0 Å². The minimum absolute atomic E-state index is 0.0951. The van der Waals surface area contributed by atoms with Crippen molar-refractivity contribution in [2.75, 3.05) is 43.4 Å². The molecule has 1 saturated heterocycles. The molecular weight excluding hydrogens is 270 g/mol. The van der Waals surface area contributed by atoms with Gasteiger partial charge in [-0.3, -0.25) is 10.1 Å². The van der Waals surface area contributed by atoms with Crippen LogP contribution in [0.15, 0.2) is 6.20 Å². The molecule has 8 heteroatoms. The normalized spacial score (nSPS) is 16.6. The molecule has 0 radical (unpaired) electrons. The van der Waals surface area contributed by atoms with Crippen LogP contribution in [0.2, 0.25) is 5.02 Å². The van der Waals surface area contributed by atoms with E-state index < -0.39 is 4.92 Å². The number of halogens is 1. The molecule has 19 heavy (non-hydrogen) atoms. The van der Waals surface area contributed by atoms with E-state index in [1.807, 2.05) is 4.90 Å². The number of nitrogens with zero attached hydrogens (tertiary/aromatic N) is 4. The summed E-state index contributed by atoms with van der Waals surface area (Å²) in [4.78, 5) is 18.6. The van der Waals surface area contributed by atoms with E-state index in [0.29, 0.717) is 18.8 Å². The molecule has 0 spiro atoms. The third-order valence-electron chi connectivity index (χ3n) is 3.33. The van der Waals surface area contributed by atoms with Gasteiger partial charge in [-0.1, -0.05) is 18.5 Å². The molecule has 0 aromatic carbocycles.